The van der Waals surface area contributed by atoms with Gasteiger partial charge in [0.25, 0.3) is 0 Å². The van der Waals surface area contributed by atoms with Crippen molar-refractivity contribution in [1.29, 1.82) is 0 Å². The molecule has 2 atom stereocenters. The fourth-order valence-electron chi connectivity index (χ4n) is 2.31. The van der Waals surface area contributed by atoms with Crippen LogP contribution in [0, 0.1) is 11.3 Å². The first-order chi connectivity index (χ1) is 7.14. The van der Waals surface area contributed by atoms with Crippen LogP contribution in [0.4, 0.5) is 0 Å². The normalized spacial score (nSPS) is 36.1. The van der Waals surface area contributed by atoms with Crippen molar-refractivity contribution >= 4 is 21.8 Å². The predicted molar refractivity (Wildman–Crippen MR) is 62.0 cm³/mol. The van der Waals surface area contributed by atoms with Crippen molar-refractivity contribution in [2.24, 2.45) is 11.3 Å². The molecule has 86 valence electrons. The van der Waals surface area contributed by atoms with Gasteiger partial charge in [0.1, 0.15) is 0 Å². The van der Waals surface area contributed by atoms with E-state index in [0.717, 1.165) is 37.9 Å². The lowest BCUT2D eigenvalue weighted by Gasteiger charge is -2.23. The smallest absolute Gasteiger partial charge is 0.228 e. The van der Waals surface area contributed by atoms with E-state index in [1.807, 2.05) is 4.90 Å². The van der Waals surface area contributed by atoms with Gasteiger partial charge in [-0.05, 0) is 18.3 Å². The average molecular weight is 276 g/mol. The van der Waals surface area contributed by atoms with E-state index in [4.69, 9.17) is 4.74 Å². The standard InChI is InChI=1S/C11H18BrNO2/c1-11(7-12)3-4-13(8-11)10(14)9-2-5-15-6-9/h9H,2-8H2,1H3. The van der Waals surface area contributed by atoms with Crippen LogP contribution in [0.15, 0.2) is 0 Å². The van der Waals surface area contributed by atoms with Crippen LogP contribution in [0.1, 0.15) is 19.8 Å². The molecule has 1 amide bonds. The van der Waals surface area contributed by atoms with E-state index in [2.05, 4.69) is 22.9 Å². The molecule has 0 aromatic heterocycles. The molecular formula is C11H18BrNO2. The monoisotopic (exact) mass is 275 g/mol. The Labute approximate surface area is 99.3 Å². The minimum absolute atomic E-state index is 0.127. The van der Waals surface area contributed by atoms with E-state index in [1.165, 1.54) is 0 Å². The van der Waals surface area contributed by atoms with E-state index in [0.29, 0.717) is 12.5 Å². The number of carbonyl (C=O) groups is 1. The Hall–Kier alpha value is -0.0900. The fraction of sp³-hybridized carbons (Fsp3) is 0.909. The van der Waals surface area contributed by atoms with E-state index in [1.54, 1.807) is 0 Å². The molecule has 0 spiro atoms. The van der Waals surface area contributed by atoms with Crippen molar-refractivity contribution in [3.63, 3.8) is 0 Å². The van der Waals surface area contributed by atoms with Crippen LogP contribution in [-0.2, 0) is 9.53 Å². The van der Waals surface area contributed by atoms with Gasteiger partial charge in [-0.3, -0.25) is 4.79 Å². The largest absolute Gasteiger partial charge is 0.381 e. The summed E-state index contributed by atoms with van der Waals surface area (Å²) in [4.78, 5) is 14.1. The van der Waals surface area contributed by atoms with Crippen molar-refractivity contribution in [2.75, 3.05) is 31.6 Å². The lowest BCUT2D eigenvalue weighted by atomic mass is 9.93. The molecule has 0 radical (unpaired) electrons. The quantitative estimate of drug-likeness (QED) is 0.718. The van der Waals surface area contributed by atoms with E-state index < -0.39 is 0 Å². The van der Waals surface area contributed by atoms with Gasteiger partial charge in [-0.1, -0.05) is 22.9 Å². The zero-order chi connectivity index (χ0) is 10.9. The van der Waals surface area contributed by atoms with Crippen molar-refractivity contribution in [1.82, 2.24) is 4.90 Å². The van der Waals surface area contributed by atoms with E-state index >= 15 is 0 Å². The molecule has 2 saturated heterocycles. The summed E-state index contributed by atoms with van der Waals surface area (Å²) >= 11 is 3.53. The number of ether oxygens (including phenoxy) is 1. The van der Waals surface area contributed by atoms with Crippen molar-refractivity contribution in [3.8, 4) is 0 Å². The van der Waals surface area contributed by atoms with Gasteiger partial charge in [-0.15, -0.1) is 0 Å². The molecule has 3 nitrogen and oxygen atoms in total. The van der Waals surface area contributed by atoms with Gasteiger partial charge in [0, 0.05) is 25.0 Å². The minimum atomic E-state index is 0.127. The molecule has 0 aromatic carbocycles. The topological polar surface area (TPSA) is 29.5 Å². The van der Waals surface area contributed by atoms with Gasteiger partial charge in [0.15, 0.2) is 0 Å². The van der Waals surface area contributed by atoms with E-state index in [9.17, 15) is 4.79 Å². The molecule has 15 heavy (non-hydrogen) atoms. The van der Waals surface area contributed by atoms with Crippen LogP contribution in [0.25, 0.3) is 0 Å². The second kappa shape index (κ2) is 4.42. The summed E-state index contributed by atoms with van der Waals surface area (Å²) in [5, 5.41) is 0.977. The third-order valence-corrected chi connectivity index (χ3v) is 4.82. The lowest BCUT2D eigenvalue weighted by Crippen LogP contribution is -2.36. The number of carbonyl (C=O) groups excluding carboxylic acids is 1. The number of nitrogens with zero attached hydrogens (tertiary/aromatic N) is 1. The second-order valence-corrected chi connectivity index (χ2v) is 5.58. The highest BCUT2D eigenvalue weighted by Gasteiger charge is 2.38. The summed E-state index contributed by atoms with van der Waals surface area (Å²) in [5.41, 5.74) is 0.273. The minimum Gasteiger partial charge on any atom is -0.381 e. The molecule has 2 aliphatic rings. The lowest BCUT2D eigenvalue weighted by molar-refractivity contribution is -0.134. The second-order valence-electron chi connectivity index (χ2n) is 5.01. The molecule has 0 bridgehead atoms. The maximum atomic E-state index is 12.1. The Kier molecular flexibility index (Phi) is 3.36. The maximum Gasteiger partial charge on any atom is 0.228 e. The number of hydrogen-bond acceptors (Lipinski definition) is 2. The SMILES string of the molecule is CC1(CBr)CCN(C(=O)C2CCOC2)C1. The first-order valence-electron chi connectivity index (χ1n) is 5.57. The highest BCUT2D eigenvalue weighted by molar-refractivity contribution is 9.09. The number of alkyl halides is 1. The molecule has 0 aliphatic carbocycles. The Morgan fingerprint density at radius 2 is 2.47 bits per heavy atom. The van der Waals surface area contributed by atoms with Crippen LogP contribution in [-0.4, -0.2) is 42.4 Å². The maximum absolute atomic E-state index is 12.1. The number of hydrogen-bond donors (Lipinski definition) is 0. The van der Waals surface area contributed by atoms with Crippen molar-refractivity contribution in [2.45, 2.75) is 19.8 Å². The Morgan fingerprint density at radius 1 is 1.67 bits per heavy atom. The van der Waals surface area contributed by atoms with Gasteiger partial charge < -0.3 is 9.64 Å². The van der Waals surface area contributed by atoms with Crippen LogP contribution in [0.2, 0.25) is 0 Å². The molecule has 0 aromatic rings. The van der Waals surface area contributed by atoms with Crippen molar-refractivity contribution in [3.05, 3.63) is 0 Å². The molecule has 0 saturated carbocycles. The fourth-order valence-corrected chi connectivity index (χ4v) is 2.77. The Balaban J connectivity index is 1.92. The van der Waals surface area contributed by atoms with Crippen LogP contribution >= 0.6 is 15.9 Å². The van der Waals surface area contributed by atoms with Crippen LogP contribution in [0.3, 0.4) is 0 Å². The molecule has 4 heteroatoms. The molecule has 2 rings (SSSR count). The molecule has 2 aliphatic heterocycles. The number of likely N-dealkylation sites (tertiary alicyclic amines) is 1. The third-order valence-electron chi connectivity index (χ3n) is 3.47. The number of halogens is 1. The highest BCUT2D eigenvalue weighted by atomic mass is 79.9. The summed E-state index contributed by atoms with van der Waals surface area (Å²) in [5.74, 6) is 0.430. The number of amides is 1. The molecular weight excluding hydrogens is 258 g/mol. The number of rotatable bonds is 2. The molecule has 0 N–H and O–H groups in total. The summed E-state index contributed by atoms with van der Waals surface area (Å²) in [6, 6.07) is 0. The van der Waals surface area contributed by atoms with E-state index in [-0.39, 0.29) is 11.3 Å². The summed E-state index contributed by atoms with van der Waals surface area (Å²) in [6.45, 7) is 5.42. The van der Waals surface area contributed by atoms with Gasteiger partial charge in [-0.25, -0.2) is 0 Å². The first-order valence-corrected chi connectivity index (χ1v) is 6.69. The summed E-state index contributed by atoms with van der Waals surface area (Å²) in [7, 11) is 0. The van der Waals surface area contributed by atoms with Gasteiger partial charge in [-0.2, -0.15) is 0 Å². The Bertz CT molecular complexity index is 253. The zero-order valence-corrected chi connectivity index (χ0v) is 10.8. The predicted octanol–water partition coefficient (Wildman–Crippen LogP) is 1.66. The Morgan fingerprint density at radius 3 is 3.00 bits per heavy atom. The first kappa shape index (κ1) is 11.4. The average Bonchev–Trinajstić information content (AvgIpc) is 2.86. The van der Waals surface area contributed by atoms with Gasteiger partial charge in [0.2, 0.25) is 5.91 Å². The highest BCUT2D eigenvalue weighted by Crippen LogP contribution is 2.33. The zero-order valence-electron chi connectivity index (χ0n) is 9.17. The third kappa shape index (κ3) is 2.36. The molecule has 2 fully saturated rings. The van der Waals surface area contributed by atoms with Crippen molar-refractivity contribution < 1.29 is 9.53 Å². The van der Waals surface area contributed by atoms with Crippen LogP contribution in [0.5, 0.6) is 0 Å². The molecule has 2 heterocycles. The molecule has 2 unspecified atom stereocenters. The summed E-state index contributed by atoms with van der Waals surface area (Å²) in [6.07, 6.45) is 2.01. The van der Waals surface area contributed by atoms with Gasteiger partial charge in [0.05, 0.1) is 12.5 Å². The van der Waals surface area contributed by atoms with Gasteiger partial charge >= 0.3 is 0 Å². The van der Waals surface area contributed by atoms with Crippen LogP contribution < -0.4 is 0 Å². The summed E-state index contributed by atoms with van der Waals surface area (Å²) < 4.78 is 5.26.